The smallest absolute Gasteiger partial charge is 0.269 e. The van der Waals surface area contributed by atoms with Crippen LogP contribution in [-0.2, 0) is 5.41 Å². The number of pyridine rings is 1. The van der Waals surface area contributed by atoms with Gasteiger partial charge in [0.2, 0.25) is 0 Å². The first-order valence-electron chi connectivity index (χ1n) is 8.53. The van der Waals surface area contributed by atoms with Crippen molar-refractivity contribution < 1.29 is 4.79 Å². The summed E-state index contributed by atoms with van der Waals surface area (Å²) in [6.07, 6.45) is 1.66. The third-order valence-corrected chi connectivity index (χ3v) is 3.85. The highest BCUT2D eigenvalue weighted by atomic mass is 16.1. The van der Waals surface area contributed by atoms with Gasteiger partial charge in [-0.25, -0.2) is 0 Å². The molecule has 0 spiro atoms. The quantitative estimate of drug-likeness (QED) is 0.846. The maximum absolute atomic E-state index is 12.2. The molecule has 2 N–H and O–H groups in total. The van der Waals surface area contributed by atoms with Gasteiger partial charge in [0.05, 0.1) is 0 Å². The molecule has 1 heterocycles. The van der Waals surface area contributed by atoms with Crippen LogP contribution in [0.15, 0.2) is 42.6 Å². The van der Waals surface area contributed by atoms with Crippen molar-refractivity contribution in [2.24, 2.45) is 0 Å². The van der Waals surface area contributed by atoms with E-state index in [9.17, 15) is 4.79 Å². The SMILES string of the molecule is CN(C)CCNC(=O)c1cc(Nc2ccccc2C(C)(C)C)ccn1. The molecule has 5 heteroatoms. The molecular weight excluding hydrogens is 312 g/mol. The van der Waals surface area contributed by atoms with Crippen LogP contribution in [0, 0.1) is 0 Å². The van der Waals surface area contributed by atoms with Gasteiger partial charge in [-0.3, -0.25) is 9.78 Å². The van der Waals surface area contributed by atoms with E-state index in [1.54, 1.807) is 12.3 Å². The minimum Gasteiger partial charge on any atom is -0.355 e. The number of para-hydroxylation sites is 1. The molecule has 2 aromatic rings. The van der Waals surface area contributed by atoms with Gasteiger partial charge in [0.25, 0.3) is 5.91 Å². The predicted molar refractivity (Wildman–Crippen MR) is 104 cm³/mol. The van der Waals surface area contributed by atoms with E-state index in [0.717, 1.165) is 17.9 Å². The van der Waals surface area contributed by atoms with Gasteiger partial charge in [0, 0.05) is 30.7 Å². The molecule has 0 aliphatic rings. The summed E-state index contributed by atoms with van der Waals surface area (Å²) in [5, 5.41) is 6.31. The third-order valence-electron chi connectivity index (χ3n) is 3.85. The largest absolute Gasteiger partial charge is 0.355 e. The number of aromatic nitrogens is 1. The lowest BCUT2D eigenvalue weighted by molar-refractivity contribution is 0.0946. The maximum atomic E-state index is 12.2. The summed E-state index contributed by atoms with van der Waals surface area (Å²) in [6, 6.07) is 11.9. The minimum absolute atomic E-state index is 0.0308. The second kappa shape index (κ2) is 8.12. The molecule has 1 amide bonds. The molecular formula is C20H28N4O. The van der Waals surface area contributed by atoms with Gasteiger partial charge in [-0.05, 0) is 43.3 Å². The Bertz CT molecular complexity index is 720. The number of carbonyl (C=O) groups excluding carboxylic acids is 1. The minimum atomic E-state index is -0.158. The Morgan fingerprint density at radius 1 is 1.16 bits per heavy atom. The summed E-state index contributed by atoms with van der Waals surface area (Å²) in [4.78, 5) is 18.4. The fraction of sp³-hybridized carbons (Fsp3) is 0.400. The lowest BCUT2D eigenvalue weighted by Gasteiger charge is -2.23. The van der Waals surface area contributed by atoms with Crippen molar-refractivity contribution in [1.82, 2.24) is 15.2 Å². The van der Waals surface area contributed by atoms with Gasteiger partial charge in [-0.15, -0.1) is 0 Å². The number of hydrogen-bond acceptors (Lipinski definition) is 4. The van der Waals surface area contributed by atoms with E-state index in [1.165, 1.54) is 5.56 Å². The van der Waals surface area contributed by atoms with E-state index in [-0.39, 0.29) is 11.3 Å². The Balaban J connectivity index is 2.14. The molecule has 0 aliphatic carbocycles. The van der Waals surface area contributed by atoms with Crippen LogP contribution in [0.4, 0.5) is 11.4 Å². The molecule has 0 radical (unpaired) electrons. The second-order valence-electron chi connectivity index (χ2n) is 7.41. The topological polar surface area (TPSA) is 57.3 Å². The van der Waals surface area contributed by atoms with E-state index in [1.807, 2.05) is 37.2 Å². The van der Waals surface area contributed by atoms with Gasteiger partial charge in [0.1, 0.15) is 5.69 Å². The number of carbonyl (C=O) groups is 1. The Morgan fingerprint density at radius 3 is 2.56 bits per heavy atom. The molecule has 134 valence electrons. The monoisotopic (exact) mass is 340 g/mol. The summed E-state index contributed by atoms with van der Waals surface area (Å²) in [7, 11) is 3.95. The first kappa shape index (κ1) is 18.9. The van der Waals surface area contributed by atoms with Crippen LogP contribution in [0.3, 0.4) is 0 Å². The van der Waals surface area contributed by atoms with Crippen LogP contribution >= 0.6 is 0 Å². The average molecular weight is 340 g/mol. The average Bonchev–Trinajstić information content (AvgIpc) is 2.54. The Kier molecular flexibility index (Phi) is 6.15. The summed E-state index contributed by atoms with van der Waals surface area (Å²) in [6.45, 7) is 7.94. The zero-order valence-corrected chi connectivity index (χ0v) is 15.8. The molecule has 2 rings (SSSR count). The highest BCUT2D eigenvalue weighted by molar-refractivity contribution is 5.93. The number of benzene rings is 1. The molecule has 25 heavy (non-hydrogen) atoms. The van der Waals surface area contributed by atoms with Gasteiger partial charge >= 0.3 is 0 Å². The predicted octanol–water partition coefficient (Wildman–Crippen LogP) is 3.41. The molecule has 1 aromatic carbocycles. The maximum Gasteiger partial charge on any atom is 0.269 e. The van der Waals surface area contributed by atoms with Crippen molar-refractivity contribution in [2.45, 2.75) is 26.2 Å². The fourth-order valence-electron chi connectivity index (χ4n) is 2.52. The standard InChI is InChI=1S/C20H28N4O/c1-20(2,3)16-8-6-7-9-17(16)23-15-10-11-21-18(14-15)19(25)22-12-13-24(4)5/h6-11,14H,12-13H2,1-5H3,(H,21,23)(H,22,25). The van der Waals surface area contributed by atoms with E-state index in [2.05, 4.69) is 48.5 Å². The van der Waals surface area contributed by atoms with Crippen molar-refractivity contribution in [1.29, 1.82) is 0 Å². The summed E-state index contributed by atoms with van der Waals surface area (Å²) in [5.41, 5.74) is 3.56. The van der Waals surface area contributed by atoms with Crippen LogP contribution < -0.4 is 10.6 Å². The zero-order valence-electron chi connectivity index (χ0n) is 15.8. The summed E-state index contributed by atoms with van der Waals surface area (Å²) >= 11 is 0. The van der Waals surface area contributed by atoms with Crippen LogP contribution in [0.1, 0.15) is 36.8 Å². The highest BCUT2D eigenvalue weighted by Crippen LogP contribution is 2.31. The van der Waals surface area contributed by atoms with Crippen molar-refractivity contribution >= 4 is 17.3 Å². The lowest BCUT2D eigenvalue weighted by atomic mass is 9.86. The van der Waals surface area contributed by atoms with Gasteiger partial charge in [-0.2, -0.15) is 0 Å². The normalized spacial score (nSPS) is 11.4. The van der Waals surface area contributed by atoms with Crippen LogP contribution in [0.25, 0.3) is 0 Å². The summed E-state index contributed by atoms with van der Waals surface area (Å²) in [5.74, 6) is -0.158. The van der Waals surface area contributed by atoms with E-state index in [0.29, 0.717) is 12.2 Å². The van der Waals surface area contributed by atoms with Crippen molar-refractivity contribution in [3.63, 3.8) is 0 Å². The number of rotatable bonds is 6. The third kappa shape index (κ3) is 5.57. The summed E-state index contributed by atoms with van der Waals surface area (Å²) < 4.78 is 0. The Morgan fingerprint density at radius 2 is 1.88 bits per heavy atom. The van der Waals surface area contributed by atoms with E-state index >= 15 is 0 Å². The first-order chi connectivity index (χ1) is 11.8. The second-order valence-corrected chi connectivity index (χ2v) is 7.41. The number of amides is 1. The molecule has 0 bridgehead atoms. The zero-order chi connectivity index (χ0) is 18.4. The van der Waals surface area contributed by atoms with Gasteiger partial charge in [0.15, 0.2) is 0 Å². The number of nitrogens with zero attached hydrogens (tertiary/aromatic N) is 2. The van der Waals surface area contributed by atoms with Crippen LogP contribution in [0.5, 0.6) is 0 Å². The van der Waals surface area contributed by atoms with Crippen LogP contribution in [-0.4, -0.2) is 43.0 Å². The Hall–Kier alpha value is -2.40. The first-order valence-corrected chi connectivity index (χ1v) is 8.53. The van der Waals surface area contributed by atoms with Crippen molar-refractivity contribution in [3.05, 3.63) is 53.9 Å². The van der Waals surface area contributed by atoms with E-state index < -0.39 is 0 Å². The molecule has 0 saturated heterocycles. The van der Waals surface area contributed by atoms with Crippen molar-refractivity contribution in [2.75, 3.05) is 32.5 Å². The number of likely N-dealkylation sites (N-methyl/N-ethyl adjacent to an activating group) is 1. The van der Waals surface area contributed by atoms with Crippen molar-refractivity contribution in [3.8, 4) is 0 Å². The molecule has 0 fully saturated rings. The number of anilines is 2. The van der Waals surface area contributed by atoms with Gasteiger partial charge < -0.3 is 15.5 Å². The highest BCUT2D eigenvalue weighted by Gasteiger charge is 2.17. The Labute approximate surface area is 150 Å². The molecule has 0 unspecified atom stereocenters. The molecule has 1 aromatic heterocycles. The molecule has 0 atom stereocenters. The van der Waals surface area contributed by atoms with Crippen LogP contribution in [0.2, 0.25) is 0 Å². The number of nitrogens with one attached hydrogen (secondary N) is 2. The van der Waals surface area contributed by atoms with E-state index in [4.69, 9.17) is 0 Å². The molecule has 0 aliphatic heterocycles. The van der Waals surface area contributed by atoms with Gasteiger partial charge in [-0.1, -0.05) is 39.0 Å². The molecule has 5 nitrogen and oxygen atoms in total. The lowest BCUT2D eigenvalue weighted by Crippen LogP contribution is -2.31. The number of hydrogen-bond donors (Lipinski definition) is 2. The molecule has 0 saturated carbocycles. The fourth-order valence-corrected chi connectivity index (χ4v) is 2.52.